The number of rotatable bonds is 5. The van der Waals surface area contributed by atoms with Crippen LogP contribution in [0.3, 0.4) is 0 Å². The summed E-state index contributed by atoms with van der Waals surface area (Å²) in [5, 5.41) is 9.96. The Hall–Kier alpha value is -1.53. The number of hydrogen-bond acceptors (Lipinski definition) is 3. The van der Waals surface area contributed by atoms with Crippen molar-refractivity contribution in [2.45, 2.75) is 12.3 Å². The molecule has 23 heavy (non-hydrogen) atoms. The first-order chi connectivity index (χ1) is 10.6. The summed E-state index contributed by atoms with van der Waals surface area (Å²) in [6.07, 6.45) is 0.930. The van der Waals surface area contributed by atoms with Gasteiger partial charge < -0.3 is 11.9 Å². The smallest absolute Gasteiger partial charge is 1.00 e. The van der Waals surface area contributed by atoms with E-state index in [4.69, 9.17) is 10.5 Å². The Bertz CT molecular complexity index is 672. The second-order valence-electron chi connectivity index (χ2n) is 5.51. The Morgan fingerprint density at radius 2 is 1.91 bits per heavy atom. The van der Waals surface area contributed by atoms with Gasteiger partial charge in [-0.2, -0.15) is 0 Å². The summed E-state index contributed by atoms with van der Waals surface area (Å²) >= 11 is 0. The van der Waals surface area contributed by atoms with Gasteiger partial charge in [-0.3, -0.25) is 5.21 Å². The molecular weight excluding hydrogens is 303 g/mol. The molecule has 2 aromatic rings. The van der Waals surface area contributed by atoms with Gasteiger partial charge >= 0.3 is 35.6 Å². The zero-order valence-electron chi connectivity index (χ0n) is 14.1. The zero-order valence-corrected chi connectivity index (χ0v) is 15.1. The van der Waals surface area contributed by atoms with E-state index < -0.39 is 6.03 Å². The molecule has 0 heterocycles. The van der Waals surface area contributed by atoms with Crippen LogP contribution in [0, 0.1) is 5.92 Å². The van der Waals surface area contributed by atoms with E-state index >= 15 is 0 Å². The van der Waals surface area contributed by atoms with Crippen molar-refractivity contribution >= 4 is 6.03 Å². The maximum Gasteiger partial charge on any atom is 1.00 e. The number of hydroxylamine groups is 2. The number of nitrogens with zero attached hydrogens (tertiary/aromatic N) is 1. The molecule has 3 N–H and O–H groups in total. The van der Waals surface area contributed by atoms with Crippen LogP contribution in [0.5, 0.6) is 11.5 Å². The molecule has 2 amide bonds. The number of carbonyl (C=O) groups is 1. The molecule has 6 heteroatoms. The largest absolute Gasteiger partial charge is 1.00 e. The average molecular weight is 322 g/mol. The molecule has 116 valence electrons. The summed E-state index contributed by atoms with van der Waals surface area (Å²) in [5.41, 5.74) is 6.17. The summed E-state index contributed by atoms with van der Waals surface area (Å²) in [5.74, 6) is 2.14. The van der Waals surface area contributed by atoms with Crippen molar-refractivity contribution in [1.29, 1.82) is 0 Å². The Labute approximate surface area is 158 Å². The second kappa shape index (κ2) is 7.84. The fourth-order valence-electron chi connectivity index (χ4n) is 2.60. The molecule has 1 aliphatic rings. The molecule has 0 aromatic heterocycles. The first-order valence-corrected chi connectivity index (χ1v) is 7.22. The van der Waals surface area contributed by atoms with Crippen LogP contribution in [-0.2, 0) is 0 Å². The normalized spacial score (nSPS) is 18.7. The third-order valence-corrected chi connectivity index (χ3v) is 3.85. The molecule has 5 nitrogen and oxygen atoms in total. The first kappa shape index (κ1) is 17.8. The van der Waals surface area contributed by atoms with Crippen molar-refractivity contribution in [2.75, 3.05) is 6.54 Å². The Morgan fingerprint density at radius 3 is 2.61 bits per heavy atom. The summed E-state index contributed by atoms with van der Waals surface area (Å²) in [4.78, 5) is 10.8. The van der Waals surface area contributed by atoms with Gasteiger partial charge in [-0.25, -0.2) is 9.86 Å². The number of amides is 2. The fraction of sp³-hybridized carbons (Fsp3) is 0.235. The van der Waals surface area contributed by atoms with E-state index in [1.807, 2.05) is 54.6 Å². The number of ether oxygens (including phenoxy) is 1. The molecule has 2 aromatic carbocycles. The molecule has 1 aliphatic carbocycles. The van der Waals surface area contributed by atoms with E-state index in [0.29, 0.717) is 11.0 Å². The molecule has 2 atom stereocenters. The van der Waals surface area contributed by atoms with Gasteiger partial charge in [0.1, 0.15) is 11.5 Å². The van der Waals surface area contributed by atoms with Gasteiger partial charge in [0.25, 0.3) is 0 Å². The quantitative estimate of drug-likeness (QED) is 0.477. The first-order valence-electron chi connectivity index (χ1n) is 7.22. The monoisotopic (exact) mass is 322 g/mol. The second-order valence-corrected chi connectivity index (χ2v) is 5.51. The number of benzene rings is 2. The topological polar surface area (TPSA) is 75.8 Å². The van der Waals surface area contributed by atoms with E-state index in [9.17, 15) is 10.0 Å². The van der Waals surface area contributed by atoms with Gasteiger partial charge in [0.05, 0.1) is 6.54 Å². The van der Waals surface area contributed by atoms with Gasteiger partial charge in [0.15, 0.2) is 0 Å². The van der Waals surface area contributed by atoms with E-state index in [-0.39, 0.29) is 43.4 Å². The maximum absolute atomic E-state index is 10.8. The fourth-order valence-corrected chi connectivity index (χ4v) is 2.60. The summed E-state index contributed by atoms with van der Waals surface area (Å²) < 4.78 is 5.82. The summed E-state index contributed by atoms with van der Waals surface area (Å²) in [6.45, 7) is 0.268. The van der Waals surface area contributed by atoms with Gasteiger partial charge in [-0.15, -0.1) is 0 Å². The Kier molecular flexibility index (Phi) is 6.07. The summed E-state index contributed by atoms with van der Waals surface area (Å²) in [6, 6.07) is 16.7. The third kappa shape index (κ3) is 4.72. The standard InChI is InChI=1S/C17H18N2O3.Na.H/c18-17(20)19(21)11-13-10-16(13)12-5-4-8-15(9-12)22-14-6-2-1-3-7-14;;/h1-9,13,16,21H,10-11H2,(H2,18,20);;/q;+1;-1. The number of urea groups is 1. The van der Waals surface area contributed by atoms with E-state index in [1.165, 1.54) is 0 Å². The molecule has 0 aliphatic heterocycles. The van der Waals surface area contributed by atoms with Gasteiger partial charge in [0, 0.05) is 0 Å². The molecule has 3 rings (SSSR count). The molecule has 0 spiro atoms. The van der Waals surface area contributed by atoms with Crippen LogP contribution >= 0.6 is 0 Å². The van der Waals surface area contributed by atoms with Crippen LogP contribution in [0.25, 0.3) is 0 Å². The van der Waals surface area contributed by atoms with E-state index in [1.54, 1.807) is 0 Å². The predicted molar refractivity (Wildman–Crippen MR) is 83.0 cm³/mol. The van der Waals surface area contributed by atoms with Crippen molar-refractivity contribution in [3.8, 4) is 11.5 Å². The molecule has 0 saturated heterocycles. The molecule has 2 unspecified atom stereocenters. The van der Waals surface area contributed by atoms with Crippen molar-refractivity contribution in [1.82, 2.24) is 5.06 Å². The van der Waals surface area contributed by atoms with Gasteiger partial charge in [-0.1, -0.05) is 30.3 Å². The minimum atomic E-state index is -0.813. The van der Waals surface area contributed by atoms with Crippen LogP contribution in [0.4, 0.5) is 4.79 Å². The van der Waals surface area contributed by atoms with Gasteiger partial charge in [0.2, 0.25) is 0 Å². The SMILES string of the molecule is NC(=O)N(O)CC1CC1c1cccc(Oc2ccccc2)c1.[H-].[Na+]. The molecule has 1 fully saturated rings. The van der Waals surface area contributed by atoms with Crippen LogP contribution in [0.2, 0.25) is 0 Å². The van der Waals surface area contributed by atoms with E-state index in [2.05, 4.69) is 0 Å². The average Bonchev–Trinajstić information content (AvgIpc) is 3.28. The Balaban J connectivity index is 0.00000144. The van der Waals surface area contributed by atoms with Crippen molar-refractivity contribution in [2.24, 2.45) is 11.7 Å². The third-order valence-electron chi connectivity index (χ3n) is 3.85. The van der Waals surface area contributed by atoms with Crippen LogP contribution < -0.4 is 40.0 Å². The summed E-state index contributed by atoms with van der Waals surface area (Å²) in [7, 11) is 0. The molecule has 1 saturated carbocycles. The minimum absolute atomic E-state index is 0. The molecule has 0 bridgehead atoms. The number of primary amides is 1. The Morgan fingerprint density at radius 1 is 1.22 bits per heavy atom. The zero-order chi connectivity index (χ0) is 15.5. The predicted octanol–water partition coefficient (Wildman–Crippen LogP) is 0.469. The van der Waals surface area contributed by atoms with Gasteiger partial charge in [-0.05, 0) is 48.1 Å². The van der Waals surface area contributed by atoms with Crippen LogP contribution in [-0.4, -0.2) is 22.8 Å². The van der Waals surface area contributed by atoms with Crippen LogP contribution in [0.15, 0.2) is 54.6 Å². The number of carbonyl (C=O) groups excluding carboxylic acids is 1. The number of hydrogen-bond donors (Lipinski definition) is 2. The van der Waals surface area contributed by atoms with E-state index in [0.717, 1.165) is 23.5 Å². The van der Waals surface area contributed by atoms with Crippen LogP contribution in [0.1, 0.15) is 19.3 Å². The van der Waals surface area contributed by atoms with Crippen molar-refractivity contribution in [3.05, 3.63) is 60.2 Å². The van der Waals surface area contributed by atoms with Crippen molar-refractivity contribution in [3.63, 3.8) is 0 Å². The maximum atomic E-state index is 10.8. The molecular formula is C17H19N2NaO3. The van der Waals surface area contributed by atoms with Crippen molar-refractivity contribution < 1.29 is 45.7 Å². The minimum Gasteiger partial charge on any atom is -1.00 e. The number of nitrogens with two attached hydrogens (primary N) is 1. The number of para-hydroxylation sites is 1. The molecule has 0 radical (unpaired) electrons.